The molecule has 4 heteroatoms. The van der Waals surface area contributed by atoms with Crippen molar-refractivity contribution in [3.8, 4) is 5.75 Å². The van der Waals surface area contributed by atoms with Gasteiger partial charge < -0.3 is 20.9 Å². The van der Waals surface area contributed by atoms with Crippen LogP contribution in [-0.2, 0) is 0 Å². The maximum absolute atomic E-state index is 10.2. The predicted octanol–water partition coefficient (Wildman–Crippen LogP) is 2.62. The average Bonchev–Trinajstić information content (AvgIpc) is 2.52. The lowest BCUT2D eigenvalue weighted by molar-refractivity contribution is 0.142. The van der Waals surface area contributed by atoms with Crippen LogP contribution in [0.2, 0.25) is 0 Å². The number of hydrogen-bond acceptors (Lipinski definition) is 4. The third-order valence-corrected chi connectivity index (χ3v) is 3.62. The van der Waals surface area contributed by atoms with Crippen molar-refractivity contribution in [2.45, 2.75) is 51.2 Å². The van der Waals surface area contributed by atoms with Crippen LogP contribution in [0.4, 0.5) is 0 Å². The van der Waals surface area contributed by atoms with Gasteiger partial charge in [0.25, 0.3) is 0 Å². The Balaban J connectivity index is 2.38. The molecule has 4 nitrogen and oxygen atoms in total. The molecule has 0 saturated carbocycles. The first-order valence-electron chi connectivity index (χ1n) is 8.00. The van der Waals surface area contributed by atoms with Gasteiger partial charge in [-0.05, 0) is 44.1 Å². The molecular weight excluding hydrogens is 264 g/mol. The lowest BCUT2D eigenvalue weighted by Gasteiger charge is -2.19. The van der Waals surface area contributed by atoms with Gasteiger partial charge in [-0.15, -0.1) is 0 Å². The van der Waals surface area contributed by atoms with Crippen LogP contribution in [0, 0.1) is 0 Å². The molecule has 2 unspecified atom stereocenters. The highest BCUT2D eigenvalue weighted by Gasteiger charge is 2.16. The molecule has 0 aromatic heterocycles. The SMILES string of the molecule is CCCCCCOc1ccc(C(O)C(N)CCNC)cc1. The molecule has 120 valence electrons. The van der Waals surface area contributed by atoms with Crippen LogP contribution < -0.4 is 15.8 Å². The van der Waals surface area contributed by atoms with Gasteiger partial charge in [0.1, 0.15) is 5.75 Å². The van der Waals surface area contributed by atoms with E-state index in [0.717, 1.165) is 37.3 Å². The van der Waals surface area contributed by atoms with Crippen molar-refractivity contribution < 1.29 is 9.84 Å². The van der Waals surface area contributed by atoms with E-state index >= 15 is 0 Å². The number of nitrogens with two attached hydrogens (primary N) is 1. The molecule has 0 aliphatic carbocycles. The van der Waals surface area contributed by atoms with Gasteiger partial charge in [0.15, 0.2) is 0 Å². The lowest BCUT2D eigenvalue weighted by Crippen LogP contribution is -2.31. The summed E-state index contributed by atoms with van der Waals surface area (Å²) in [6, 6.07) is 7.35. The number of hydrogen-bond donors (Lipinski definition) is 3. The smallest absolute Gasteiger partial charge is 0.119 e. The number of aliphatic hydroxyl groups is 1. The highest BCUT2D eigenvalue weighted by molar-refractivity contribution is 5.29. The predicted molar refractivity (Wildman–Crippen MR) is 87.6 cm³/mol. The maximum Gasteiger partial charge on any atom is 0.119 e. The minimum absolute atomic E-state index is 0.252. The second-order valence-corrected chi connectivity index (χ2v) is 5.48. The van der Waals surface area contributed by atoms with Crippen LogP contribution in [0.1, 0.15) is 50.7 Å². The molecule has 21 heavy (non-hydrogen) atoms. The normalized spacial score (nSPS) is 13.9. The van der Waals surface area contributed by atoms with Gasteiger partial charge in [0.2, 0.25) is 0 Å². The summed E-state index contributed by atoms with van der Waals surface area (Å²) in [6.45, 7) is 3.76. The summed E-state index contributed by atoms with van der Waals surface area (Å²) >= 11 is 0. The van der Waals surface area contributed by atoms with Gasteiger partial charge >= 0.3 is 0 Å². The first kappa shape index (κ1) is 18.0. The Morgan fingerprint density at radius 1 is 1.19 bits per heavy atom. The zero-order chi connectivity index (χ0) is 15.5. The van der Waals surface area contributed by atoms with Crippen molar-refractivity contribution in [2.24, 2.45) is 5.73 Å². The molecule has 2 atom stereocenters. The van der Waals surface area contributed by atoms with Crippen LogP contribution in [0.3, 0.4) is 0 Å². The Kier molecular flexibility index (Phi) is 9.06. The van der Waals surface area contributed by atoms with E-state index in [1.165, 1.54) is 19.3 Å². The Bertz CT molecular complexity index is 368. The minimum atomic E-state index is -0.628. The van der Waals surface area contributed by atoms with Gasteiger partial charge in [-0.1, -0.05) is 38.3 Å². The molecule has 1 rings (SSSR count). The van der Waals surface area contributed by atoms with E-state index in [4.69, 9.17) is 10.5 Å². The molecule has 1 aromatic carbocycles. The van der Waals surface area contributed by atoms with Gasteiger partial charge in [0, 0.05) is 6.04 Å². The molecular formula is C17H30N2O2. The molecule has 1 aromatic rings. The van der Waals surface area contributed by atoms with Crippen molar-refractivity contribution in [3.05, 3.63) is 29.8 Å². The topological polar surface area (TPSA) is 67.5 Å². The fourth-order valence-corrected chi connectivity index (χ4v) is 2.20. The van der Waals surface area contributed by atoms with Gasteiger partial charge in [0.05, 0.1) is 12.7 Å². The second-order valence-electron chi connectivity index (χ2n) is 5.48. The Morgan fingerprint density at radius 2 is 1.90 bits per heavy atom. The van der Waals surface area contributed by atoms with Crippen LogP contribution in [0.15, 0.2) is 24.3 Å². The van der Waals surface area contributed by atoms with Crippen molar-refractivity contribution in [1.82, 2.24) is 5.32 Å². The summed E-state index contributed by atoms with van der Waals surface area (Å²) in [4.78, 5) is 0. The largest absolute Gasteiger partial charge is 0.494 e. The Morgan fingerprint density at radius 3 is 2.52 bits per heavy atom. The van der Waals surface area contributed by atoms with E-state index in [-0.39, 0.29) is 6.04 Å². The van der Waals surface area contributed by atoms with Crippen LogP contribution in [0.25, 0.3) is 0 Å². The number of ether oxygens (including phenoxy) is 1. The fraction of sp³-hybridized carbons (Fsp3) is 0.647. The monoisotopic (exact) mass is 294 g/mol. The van der Waals surface area contributed by atoms with Crippen LogP contribution in [0.5, 0.6) is 5.75 Å². The van der Waals surface area contributed by atoms with Gasteiger partial charge in [-0.3, -0.25) is 0 Å². The van der Waals surface area contributed by atoms with Crippen molar-refractivity contribution in [3.63, 3.8) is 0 Å². The third-order valence-electron chi connectivity index (χ3n) is 3.62. The fourth-order valence-electron chi connectivity index (χ4n) is 2.20. The summed E-state index contributed by atoms with van der Waals surface area (Å²) in [5.74, 6) is 0.853. The highest BCUT2D eigenvalue weighted by Crippen LogP contribution is 2.21. The number of nitrogens with one attached hydrogen (secondary N) is 1. The minimum Gasteiger partial charge on any atom is -0.494 e. The van der Waals surface area contributed by atoms with Crippen LogP contribution in [-0.4, -0.2) is 31.3 Å². The van der Waals surface area contributed by atoms with E-state index in [1.54, 1.807) is 0 Å². The van der Waals surface area contributed by atoms with Gasteiger partial charge in [-0.2, -0.15) is 0 Å². The molecule has 0 aliphatic rings. The molecule has 0 bridgehead atoms. The standard InChI is InChI=1S/C17H30N2O2/c1-3-4-5-6-13-21-15-9-7-14(8-10-15)17(20)16(18)11-12-19-2/h7-10,16-17,19-20H,3-6,11-13,18H2,1-2H3. The van der Waals surface area contributed by atoms with E-state index in [2.05, 4.69) is 12.2 Å². The van der Waals surface area contributed by atoms with E-state index in [1.807, 2.05) is 31.3 Å². The number of benzene rings is 1. The number of aliphatic hydroxyl groups excluding tert-OH is 1. The quantitative estimate of drug-likeness (QED) is 0.549. The average molecular weight is 294 g/mol. The Labute approximate surface area is 128 Å². The lowest BCUT2D eigenvalue weighted by atomic mass is 10.0. The van der Waals surface area contributed by atoms with E-state index in [0.29, 0.717) is 0 Å². The van der Waals surface area contributed by atoms with Crippen LogP contribution >= 0.6 is 0 Å². The molecule has 0 heterocycles. The molecule has 0 spiro atoms. The molecule has 0 amide bonds. The summed E-state index contributed by atoms with van der Waals surface area (Å²) in [5.41, 5.74) is 6.82. The summed E-state index contributed by atoms with van der Waals surface area (Å²) < 4.78 is 5.69. The van der Waals surface area contributed by atoms with E-state index < -0.39 is 6.10 Å². The molecule has 0 radical (unpaired) electrons. The maximum atomic E-state index is 10.2. The van der Waals surface area contributed by atoms with Crippen molar-refractivity contribution in [2.75, 3.05) is 20.2 Å². The summed E-state index contributed by atoms with van der Waals surface area (Å²) in [5, 5.41) is 13.2. The molecule has 0 aliphatic heterocycles. The van der Waals surface area contributed by atoms with Crippen molar-refractivity contribution in [1.29, 1.82) is 0 Å². The number of rotatable bonds is 11. The van der Waals surface area contributed by atoms with E-state index in [9.17, 15) is 5.11 Å². The number of unbranched alkanes of at least 4 members (excludes halogenated alkanes) is 3. The first-order valence-corrected chi connectivity index (χ1v) is 8.00. The molecule has 0 fully saturated rings. The Hall–Kier alpha value is -1.10. The summed E-state index contributed by atoms with van der Waals surface area (Å²) in [7, 11) is 1.88. The molecule has 0 saturated heterocycles. The zero-order valence-electron chi connectivity index (χ0n) is 13.3. The van der Waals surface area contributed by atoms with Gasteiger partial charge in [-0.25, -0.2) is 0 Å². The first-order chi connectivity index (χ1) is 10.2. The summed E-state index contributed by atoms with van der Waals surface area (Å²) in [6.07, 6.45) is 4.92. The highest BCUT2D eigenvalue weighted by atomic mass is 16.5. The molecule has 4 N–H and O–H groups in total. The zero-order valence-corrected chi connectivity index (χ0v) is 13.3. The third kappa shape index (κ3) is 6.93. The second kappa shape index (κ2) is 10.6. The van der Waals surface area contributed by atoms with Crippen molar-refractivity contribution >= 4 is 0 Å².